The highest BCUT2D eigenvalue weighted by Crippen LogP contribution is 2.26. The maximum atomic E-state index is 10.3. The normalized spacial score (nSPS) is 23.6. The molecule has 2 heteroatoms. The molecule has 2 atom stereocenters. The molecular weight excluding hydrogens is 210 g/mol. The van der Waals surface area contributed by atoms with E-state index >= 15 is 0 Å². The first-order valence-corrected chi connectivity index (χ1v) is 7.36. The molecule has 1 fully saturated rings. The van der Waals surface area contributed by atoms with E-state index in [-0.39, 0.29) is 0 Å². The third-order valence-corrected chi connectivity index (χ3v) is 4.01. The van der Waals surface area contributed by atoms with Crippen LogP contribution in [0.5, 0.6) is 0 Å². The molecule has 1 aliphatic carbocycles. The second kappa shape index (κ2) is 6.75. The van der Waals surface area contributed by atoms with Gasteiger partial charge in [0.1, 0.15) is 0 Å². The Labute approximate surface area is 107 Å². The van der Waals surface area contributed by atoms with Gasteiger partial charge in [-0.3, -0.25) is 0 Å². The summed E-state index contributed by atoms with van der Waals surface area (Å²) in [5, 5.41) is 13.8. The highest BCUT2D eigenvalue weighted by Gasteiger charge is 2.25. The summed E-state index contributed by atoms with van der Waals surface area (Å²) < 4.78 is 0. The Balaban J connectivity index is 2.28. The molecule has 2 unspecified atom stereocenters. The van der Waals surface area contributed by atoms with E-state index < -0.39 is 5.60 Å². The lowest BCUT2D eigenvalue weighted by molar-refractivity contribution is 0.0336. The lowest BCUT2D eigenvalue weighted by atomic mass is 9.84. The van der Waals surface area contributed by atoms with Crippen LogP contribution in [0.15, 0.2) is 0 Å². The predicted molar refractivity (Wildman–Crippen MR) is 74.1 cm³/mol. The van der Waals surface area contributed by atoms with Crippen molar-refractivity contribution in [3.63, 3.8) is 0 Å². The first-order valence-electron chi connectivity index (χ1n) is 7.36. The second-order valence-corrected chi connectivity index (χ2v) is 6.66. The molecule has 1 rings (SSSR count). The van der Waals surface area contributed by atoms with E-state index in [1.807, 2.05) is 6.92 Å². The van der Waals surface area contributed by atoms with Crippen LogP contribution in [0.4, 0.5) is 0 Å². The third kappa shape index (κ3) is 5.87. The minimum atomic E-state index is -0.558. The molecule has 17 heavy (non-hydrogen) atoms. The van der Waals surface area contributed by atoms with E-state index in [2.05, 4.69) is 26.1 Å². The van der Waals surface area contributed by atoms with Crippen LogP contribution in [0.3, 0.4) is 0 Å². The van der Waals surface area contributed by atoms with Gasteiger partial charge in [0, 0.05) is 12.6 Å². The van der Waals surface area contributed by atoms with E-state index in [0.717, 1.165) is 18.9 Å². The van der Waals surface area contributed by atoms with Crippen LogP contribution in [0.2, 0.25) is 0 Å². The molecule has 1 aliphatic rings. The number of hydrogen-bond donors (Lipinski definition) is 2. The van der Waals surface area contributed by atoms with E-state index in [0.29, 0.717) is 12.0 Å². The average molecular weight is 241 g/mol. The monoisotopic (exact) mass is 241 g/mol. The van der Waals surface area contributed by atoms with Crippen LogP contribution >= 0.6 is 0 Å². The quantitative estimate of drug-likeness (QED) is 0.747. The Morgan fingerprint density at radius 2 is 1.76 bits per heavy atom. The molecule has 0 amide bonds. The molecule has 0 bridgehead atoms. The number of rotatable bonds is 6. The van der Waals surface area contributed by atoms with Crippen molar-refractivity contribution in [2.45, 2.75) is 77.9 Å². The Bertz CT molecular complexity index is 207. The van der Waals surface area contributed by atoms with Gasteiger partial charge in [-0.1, -0.05) is 33.1 Å². The van der Waals surface area contributed by atoms with Gasteiger partial charge in [-0.05, 0) is 44.9 Å². The summed E-state index contributed by atoms with van der Waals surface area (Å²) in [6.07, 6.45) is 7.78. The van der Waals surface area contributed by atoms with Crippen LogP contribution in [0.25, 0.3) is 0 Å². The summed E-state index contributed by atoms with van der Waals surface area (Å²) in [6.45, 7) is 9.29. The molecular formula is C15H31NO. The predicted octanol–water partition coefficient (Wildman–Crippen LogP) is 3.34. The molecule has 0 aromatic carbocycles. The van der Waals surface area contributed by atoms with Gasteiger partial charge in [-0.2, -0.15) is 0 Å². The zero-order chi connectivity index (χ0) is 12.9. The maximum Gasteiger partial charge on any atom is 0.0746 e. The van der Waals surface area contributed by atoms with Gasteiger partial charge in [-0.15, -0.1) is 0 Å². The van der Waals surface area contributed by atoms with Crippen LogP contribution in [0.1, 0.15) is 66.2 Å². The van der Waals surface area contributed by atoms with Gasteiger partial charge in [0.15, 0.2) is 0 Å². The van der Waals surface area contributed by atoms with Crippen molar-refractivity contribution < 1.29 is 5.11 Å². The van der Waals surface area contributed by atoms with Crippen LogP contribution in [-0.2, 0) is 0 Å². The summed E-state index contributed by atoms with van der Waals surface area (Å²) in [5.74, 6) is 1.37. The topological polar surface area (TPSA) is 32.3 Å². The summed E-state index contributed by atoms with van der Waals surface area (Å²) in [4.78, 5) is 0. The Morgan fingerprint density at radius 1 is 1.18 bits per heavy atom. The van der Waals surface area contributed by atoms with Gasteiger partial charge in [0.25, 0.3) is 0 Å². The molecule has 1 saturated carbocycles. The fourth-order valence-corrected chi connectivity index (χ4v) is 3.13. The fourth-order valence-electron chi connectivity index (χ4n) is 3.13. The van der Waals surface area contributed by atoms with Crippen LogP contribution in [0, 0.1) is 11.8 Å². The molecule has 2 N–H and O–H groups in total. The number of aliphatic hydroxyl groups is 1. The Hall–Kier alpha value is -0.0800. The first-order chi connectivity index (χ1) is 7.91. The molecule has 0 aromatic heterocycles. The van der Waals surface area contributed by atoms with Crippen LogP contribution < -0.4 is 5.32 Å². The van der Waals surface area contributed by atoms with Gasteiger partial charge in [-0.25, -0.2) is 0 Å². The Morgan fingerprint density at radius 3 is 2.29 bits per heavy atom. The SMILES string of the molecule is CC(C)CC(C)(O)CNC(C)C1CCCCC1. The number of hydrogen-bond acceptors (Lipinski definition) is 2. The van der Waals surface area contributed by atoms with Gasteiger partial charge in [0.2, 0.25) is 0 Å². The molecule has 0 spiro atoms. The summed E-state index contributed by atoms with van der Waals surface area (Å²) in [6, 6.07) is 0.550. The molecule has 102 valence electrons. The van der Waals surface area contributed by atoms with E-state index in [9.17, 15) is 5.11 Å². The molecule has 0 aromatic rings. The standard InChI is InChI=1S/C15H31NO/c1-12(2)10-15(4,17)11-16-13(3)14-8-6-5-7-9-14/h12-14,16-17H,5-11H2,1-4H3. The summed E-state index contributed by atoms with van der Waals surface area (Å²) in [5.41, 5.74) is -0.558. The average Bonchev–Trinajstić information content (AvgIpc) is 2.25. The second-order valence-electron chi connectivity index (χ2n) is 6.66. The highest BCUT2D eigenvalue weighted by molar-refractivity contribution is 4.82. The van der Waals surface area contributed by atoms with Crippen LogP contribution in [-0.4, -0.2) is 23.3 Å². The maximum absolute atomic E-state index is 10.3. The first kappa shape index (κ1) is 15.0. The largest absolute Gasteiger partial charge is 0.389 e. The zero-order valence-electron chi connectivity index (χ0n) is 12.1. The van der Waals surface area contributed by atoms with E-state index in [4.69, 9.17) is 0 Å². The Kier molecular flexibility index (Phi) is 5.94. The smallest absolute Gasteiger partial charge is 0.0746 e. The molecule has 2 nitrogen and oxygen atoms in total. The number of nitrogens with one attached hydrogen (secondary N) is 1. The van der Waals surface area contributed by atoms with Crippen molar-refractivity contribution in [1.82, 2.24) is 5.32 Å². The van der Waals surface area contributed by atoms with Crippen molar-refractivity contribution in [3.05, 3.63) is 0 Å². The van der Waals surface area contributed by atoms with Crippen molar-refractivity contribution >= 4 is 0 Å². The van der Waals surface area contributed by atoms with Crippen molar-refractivity contribution in [2.75, 3.05) is 6.54 Å². The highest BCUT2D eigenvalue weighted by atomic mass is 16.3. The molecule has 0 heterocycles. The lowest BCUT2D eigenvalue weighted by Gasteiger charge is -2.32. The minimum absolute atomic E-state index is 0.550. The third-order valence-electron chi connectivity index (χ3n) is 4.01. The molecule has 0 radical (unpaired) electrons. The van der Waals surface area contributed by atoms with Gasteiger partial charge >= 0.3 is 0 Å². The summed E-state index contributed by atoms with van der Waals surface area (Å²) >= 11 is 0. The van der Waals surface area contributed by atoms with Crippen molar-refractivity contribution in [1.29, 1.82) is 0 Å². The fraction of sp³-hybridized carbons (Fsp3) is 1.00. The molecule has 0 saturated heterocycles. The van der Waals surface area contributed by atoms with E-state index in [1.54, 1.807) is 0 Å². The van der Waals surface area contributed by atoms with Crippen molar-refractivity contribution in [3.8, 4) is 0 Å². The minimum Gasteiger partial charge on any atom is -0.389 e. The van der Waals surface area contributed by atoms with Crippen molar-refractivity contribution in [2.24, 2.45) is 11.8 Å². The molecule has 0 aliphatic heterocycles. The summed E-state index contributed by atoms with van der Waals surface area (Å²) in [7, 11) is 0. The lowest BCUT2D eigenvalue weighted by Crippen LogP contribution is -2.45. The zero-order valence-corrected chi connectivity index (χ0v) is 12.1. The van der Waals surface area contributed by atoms with Gasteiger partial charge < -0.3 is 10.4 Å². The van der Waals surface area contributed by atoms with Gasteiger partial charge in [0.05, 0.1) is 5.60 Å². The van der Waals surface area contributed by atoms with E-state index in [1.165, 1.54) is 32.1 Å².